The number of carbonyl (C=O) groups excluding carboxylic acids is 2. The van der Waals surface area contributed by atoms with Crippen LogP contribution in [0.2, 0.25) is 0 Å². The van der Waals surface area contributed by atoms with Gasteiger partial charge >= 0.3 is 5.97 Å². The van der Waals surface area contributed by atoms with Crippen molar-refractivity contribution >= 4 is 11.9 Å². The summed E-state index contributed by atoms with van der Waals surface area (Å²) in [7, 11) is 4.48. The molecule has 1 aliphatic carbocycles. The molecule has 0 atom stereocenters. The maximum atomic E-state index is 12.5. The third-order valence-electron chi connectivity index (χ3n) is 4.51. The van der Waals surface area contributed by atoms with Gasteiger partial charge in [0.1, 0.15) is 17.0 Å². The second-order valence-electron chi connectivity index (χ2n) is 6.04. The van der Waals surface area contributed by atoms with E-state index in [1.807, 2.05) is 0 Å². The number of benzene rings is 1. The first-order valence-electron chi connectivity index (χ1n) is 8.15. The lowest BCUT2D eigenvalue weighted by molar-refractivity contribution is -0.152. The zero-order chi connectivity index (χ0) is 17.6. The number of esters is 1. The van der Waals surface area contributed by atoms with E-state index in [0.29, 0.717) is 24.3 Å². The van der Waals surface area contributed by atoms with Gasteiger partial charge in [-0.25, -0.2) is 4.79 Å². The molecule has 132 valence electrons. The minimum atomic E-state index is -0.899. The predicted molar refractivity (Wildman–Crippen MR) is 89.2 cm³/mol. The number of hydrogen-bond acceptors (Lipinski definition) is 5. The first kappa shape index (κ1) is 18.1. The minimum Gasteiger partial charge on any atom is -0.497 e. The Morgan fingerprint density at radius 2 is 1.79 bits per heavy atom. The Morgan fingerprint density at radius 1 is 1.08 bits per heavy atom. The molecule has 6 heteroatoms. The summed E-state index contributed by atoms with van der Waals surface area (Å²) < 4.78 is 15.4. The summed E-state index contributed by atoms with van der Waals surface area (Å²) in [5.41, 5.74) is -0.157. The first-order valence-corrected chi connectivity index (χ1v) is 8.15. The van der Waals surface area contributed by atoms with Gasteiger partial charge in [0.15, 0.2) is 0 Å². The van der Waals surface area contributed by atoms with Gasteiger partial charge < -0.3 is 19.5 Å². The van der Waals surface area contributed by atoms with Crippen molar-refractivity contribution in [2.45, 2.75) is 44.1 Å². The van der Waals surface area contributed by atoms with Crippen LogP contribution >= 0.6 is 0 Å². The second kappa shape index (κ2) is 8.04. The summed E-state index contributed by atoms with van der Waals surface area (Å²) in [6.45, 7) is 0. The number of rotatable bonds is 6. The Balaban J connectivity index is 2.12. The molecule has 1 aromatic carbocycles. The van der Waals surface area contributed by atoms with E-state index in [9.17, 15) is 9.59 Å². The van der Waals surface area contributed by atoms with E-state index in [4.69, 9.17) is 14.2 Å². The summed E-state index contributed by atoms with van der Waals surface area (Å²) in [6, 6.07) is 5.31. The number of ether oxygens (including phenoxy) is 3. The zero-order valence-electron chi connectivity index (χ0n) is 14.5. The van der Waals surface area contributed by atoms with Gasteiger partial charge in [0.25, 0.3) is 0 Å². The third-order valence-corrected chi connectivity index (χ3v) is 4.51. The number of methoxy groups -OCH3 is 3. The summed E-state index contributed by atoms with van der Waals surface area (Å²) in [6.07, 6.45) is 4.24. The fraction of sp³-hybridized carbons (Fsp3) is 0.556. The SMILES string of the molecule is COC(=O)C1(NC(=O)Cc2ccc(OC)cc2OC)CCCCC1. The fourth-order valence-corrected chi connectivity index (χ4v) is 3.21. The highest BCUT2D eigenvalue weighted by atomic mass is 16.5. The minimum absolute atomic E-state index is 0.131. The largest absolute Gasteiger partial charge is 0.497 e. The standard InChI is InChI=1S/C18H25NO5/c1-22-14-8-7-13(15(12-14)23-2)11-16(20)19-18(17(21)24-3)9-5-4-6-10-18/h7-8,12H,4-6,9-11H2,1-3H3,(H,19,20). The van der Waals surface area contributed by atoms with Crippen molar-refractivity contribution < 1.29 is 23.8 Å². The molecule has 0 spiro atoms. The van der Waals surface area contributed by atoms with Crippen LogP contribution in [0, 0.1) is 0 Å². The Kier molecular flexibility index (Phi) is 6.06. The maximum absolute atomic E-state index is 12.5. The van der Waals surface area contributed by atoms with Crippen molar-refractivity contribution in [3.05, 3.63) is 23.8 Å². The van der Waals surface area contributed by atoms with Crippen molar-refractivity contribution in [1.29, 1.82) is 0 Å². The van der Waals surface area contributed by atoms with Crippen molar-refractivity contribution in [3.63, 3.8) is 0 Å². The van der Waals surface area contributed by atoms with E-state index >= 15 is 0 Å². The van der Waals surface area contributed by atoms with Crippen LogP contribution in [0.3, 0.4) is 0 Å². The van der Waals surface area contributed by atoms with Crippen LogP contribution in [0.1, 0.15) is 37.7 Å². The molecule has 1 aromatic rings. The molecule has 0 unspecified atom stereocenters. The van der Waals surface area contributed by atoms with E-state index in [0.717, 1.165) is 24.8 Å². The van der Waals surface area contributed by atoms with E-state index in [2.05, 4.69) is 5.32 Å². The summed E-state index contributed by atoms with van der Waals surface area (Å²) >= 11 is 0. The Hall–Kier alpha value is -2.24. The monoisotopic (exact) mass is 335 g/mol. The van der Waals surface area contributed by atoms with Gasteiger partial charge in [0, 0.05) is 11.6 Å². The fourth-order valence-electron chi connectivity index (χ4n) is 3.21. The Morgan fingerprint density at radius 3 is 2.38 bits per heavy atom. The molecular weight excluding hydrogens is 310 g/mol. The van der Waals surface area contributed by atoms with Crippen molar-refractivity contribution in [2.24, 2.45) is 0 Å². The highest BCUT2D eigenvalue weighted by Crippen LogP contribution is 2.30. The molecule has 1 saturated carbocycles. The molecule has 0 saturated heterocycles. The van der Waals surface area contributed by atoms with Gasteiger partial charge in [-0.3, -0.25) is 4.79 Å². The Bertz CT molecular complexity index is 593. The molecule has 1 fully saturated rings. The molecule has 6 nitrogen and oxygen atoms in total. The molecule has 0 aromatic heterocycles. The second-order valence-corrected chi connectivity index (χ2v) is 6.04. The lowest BCUT2D eigenvalue weighted by Crippen LogP contribution is -2.56. The van der Waals surface area contributed by atoms with Crippen molar-refractivity contribution in [1.82, 2.24) is 5.32 Å². The number of hydrogen-bond donors (Lipinski definition) is 1. The van der Waals surface area contributed by atoms with Crippen LogP contribution < -0.4 is 14.8 Å². The Labute approximate surface area is 142 Å². The highest BCUT2D eigenvalue weighted by Gasteiger charge is 2.41. The van der Waals surface area contributed by atoms with Crippen LogP contribution in [0.4, 0.5) is 0 Å². The predicted octanol–water partition coefficient (Wildman–Crippen LogP) is 2.24. The molecule has 1 amide bonds. The number of carbonyl (C=O) groups is 2. The van der Waals surface area contributed by atoms with Gasteiger partial charge in [-0.15, -0.1) is 0 Å². The van der Waals surface area contributed by atoms with Gasteiger partial charge in [0.2, 0.25) is 5.91 Å². The smallest absolute Gasteiger partial charge is 0.331 e. The van der Waals surface area contributed by atoms with Gasteiger partial charge in [-0.2, -0.15) is 0 Å². The zero-order valence-corrected chi connectivity index (χ0v) is 14.5. The molecule has 0 bridgehead atoms. The van der Waals surface area contributed by atoms with E-state index < -0.39 is 5.54 Å². The van der Waals surface area contributed by atoms with Crippen LogP contribution in [-0.2, 0) is 20.7 Å². The van der Waals surface area contributed by atoms with Crippen molar-refractivity contribution in [2.75, 3.05) is 21.3 Å². The third kappa shape index (κ3) is 3.99. The average Bonchev–Trinajstić information content (AvgIpc) is 2.61. The van der Waals surface area contributed by atoms with Crippen LogP contribution in [-0.4, -0.2) is 38.7 Å². The number of nitrogens with one attached hydrogen (secondary N) is 1. The normalized spacial score (nSPS) is 16.1. The molecule has 0 radical (unpaired) electrons. The van der Waals surface area contributed by atoms with Gasteiger partial charge in [-0.1, -0.05) is 25.3 Å². The quantitative estimate of drug-likeness (QED) is 0.807. The van der Waals surface area contributed by atoms with Gasteiger partial charge in [0.05, 0.1) is 27.8 Å². The molecule has 1 N–H and O–H groups in total. The number of amides is 1. The van der Waals surface area contributed by atoms with E-state index in [1.165, 1.54) is 7.11 Å². The lowest BCUT2D eigenvalue weighted by Gasteiger charge is -2.35. The maximum Gasteiger partial charge on any atom is 0.331 e. The highest BCUT2D eigenvalue weighted by molar-refractivity contribution is 5.89. The molecule has 0 aliphatic heterocycles. The van der Waals surface area contributed by atoms with E-state index in [1.54, 1.807) is 32.4 Å². The van der Waals surface area contributed by atoms with Crippen LogP contribution in [0.25, 0.3) is 0 Å². The molecule has 1 aliphatic rings. The molecule has 0 heterocycles. The summed E-state index contributed by atoms with van der Waals surface area (Å²) in [5.74, 6) is 0.664. The van der Waals surface area contributed by atoms with Gasteiger partial charge in [-0.05, 0) is 18.9 Å². The summed E-state index contributed by atoms with van der Waals surface area (Å²) in [5, 5.41) is 2.91. The van der Waals surface area contributed by atoms with E-state index in [-0.39, 0.29) is 18.3 Å². The lowest BCUT2D eigenvalue weighted by atomic mass is 9.81. The molecule has 2 rings (SSSR count). The first-order chi connectivity index (χ1) is 11.5. The topological polar surface area (TPSA) is 73.9 Å². The van der Waals surface area contributed by atoms with Crippen molar-refractivity contribution in [3.8, 4) is 11.5 Å². The average molecular weight is 335 g/mol. The van der Waals surface area contributed by atoms with Crippen LogP contribution in [0.5, 0.6) is 11.5 Å². The molecular formula is C18H25NO5. The van der Waals surface area contributed by atoms with Crippen LogP contribution in [0.15, 0.2) is 18.2 Å². The molecule has 24 heavy (non-hydrogen) atoms. The summed E-state index contributed by atoms with van der Waals surface area (Å²) in [4.78, 5) is 24.7.